The summed E-state index contributed by atoms with van der Waals surface area (Å²) in [5, 5.41) is 2.81. The van der Waals surface area contributed by atoms with E-state index in [0.717, 1.165) is 18.8 Å². The summed E-state index contributed by atoms with van der Waals surface area (Å²) in [6, 6.07) is 5.23. The van der Waals surface area contributed by atoms with Crippen LogP contribution in [0.25, 0.3) is 0 Å². The minimum absolute atomic E-state index is 0.106. The van der Waals surface area contributed by atoms with Gasteiger partial charge >= 0.3 is 0 Å². The maximum absolute atomic E-state index is 12.3. The predicted octanol–water partition coefficient (Wildman–Crippen LogP) is 2.45. The lowest BCUT2D eigenvalue weighted by molar-refractivity contribution is -0.122. The van der Waals surface area contributed by atoms with Gasteiger partial charge in [-0.2, -0.15) is 4.72 Å². The summed E-state index contributed by atoms with van der Waals surface area (Å²) in [4.78, 5) is 12.2. The van der Waals surface area contributed by atoms with E-state index in [2.05, 4.69) is 10.0 Å². The first-order valence-electron chi connectivity index (χ1n) is 8.86. The van der Waals surface area contributed by atoms with E-state index in [0.29, 0.717) is 12.3 Å². The standard InChI is InChI=1S/C18H28N2O4S/c1-14(18(21)19-13-5-8-15-6-3-4-7-15)20-25(22,23)17-11-9-16(24-2)10-12-17/h9-12,14-15,20H,3-8,13H2,1-2H3,(H,19,21)/t14-/m0/s1. The van der Waals surface area contributed by atoms with Crippen molar-refractivity contribution in [2.24, 2.45) is 5.92 Å². The summed E-state index contributed by atoms with van der Waals surface area (Å²) in [7, 11) is -2.22. The lowest BCUT2D eigenvalue weighted by Gasteiger charge is -2.15. The SMILES string of the molecule is COc1ccc(S(=O)(=O)N[C@@H](C)C(=O)NCCCC2CCCC2)cc1. The van der Waals surface area contributed by atoms with Crippen LogP contribution in [0.1, 0.15) is 45.4 Å². The monoisotopic (exact) mass is 368 g/mol. The van der Waals surface area contributed by atoms with Crippen molar-refractivity contribution < 1.29 is 17.9 Å². The molecule has 6 nitrogen and oxygen atoms in total. The molecule has 1 amide bonds. The quantitative estimate of drug-likeness (QED) is 0.656. The molecule has 0 bridgehead atoms. The normalized spacial score (nSPS) is 16.6. The third-order valence-corrected chi connectivity index (χ3v) is 6.21. The van der Waals surface area contributed by atoms with Crippen LogP contribution in [0.5, 0.6) is 5.75 Å². The van der Waals surface area contributed by atoms with Crippen LogP contribution in [0, 0.1) is 5.92 Å². The minimum Gasteiger partial charge on any atom is -0.497 e. The topological polar surface area (TPSA) is 84.5 Å². The van der Waals surface area contributed by atoms with Crippen LogP contribution in [0.4, 0.5) is 0 Å². The van der Waals surface area contributed by atoms with E-state index < -0.39 is 16.1 Å². The Kier molecular flexibility index (Phi) is 7.25. The summed E-state index contributed by atoms with van der Waals surface area (Å²) in [6.45, 7) is 2.14. The summed E-state index contributed by atoms with van der Waals surface area (Å²) < 4.78 is 32.1. The second-order valence-electron chi connectivity index (χ2n) is 6.60. The van der Waals surface area contributed by atoms with Gasteiger partial charge in [-0.15, -0.1) is 0 Å². The Morgan fingerprint density at radius 3 is 2.48 bits per heavy atom. The van der Waals surface area contributed by atoms with Gasteiger partial charge in [-0.3, -0.25) is 4.79 Å². The molecule has 1 aromatic carbocycles. The molecule has 0 aromatic heterocycles. The number of ether oxygens (including phenoxy) is 1. The highest BCUT2D eigenvalue weighted by atomic mass is 32.2. The third-order valence-electron chi connectivity index (χ3n) is 4.66. The molecule has 1 aliphatic rings. The third kappa shape index (κ3) is 6.01. The van der Waals surface area contributed by atoms with Gasteiger partial charge in [0.25, 0.3) is 0 Å². The first-order valence-corrected chi connectivity index (χ1v) is 10.3. The van der Waals surface area contributed by atoms with Gasteiger partial charge in [0.2, 0.25) is 15.9 Å². The number of benzene rings is 1. The fraction of sp³-hybridized carbons (Fsp3) is 0.611. The Bertz CT molecular complexity index is 652. The van der Waals surface area contributed by atoms with Crippen molar-refractivity contribution in [1.29, 1.82) is 0 Å². The molecular formula is C18H28N2O4S. The summed E-state index contributed by atoms with van der Waals surface area (Å²) in [6.07, 6.45) is 7.31. The Labute approximate surface area is 150 Å². The number of carbonyl (C=O) groups is 1. The van der Waals surface area contributed by atoms with Gasteiger partial charge < -0.3 is 10.1 Å². The van der Waals surface area contributed by atoms with Gasteiger partial charge in [0.1, 0.15) is 5.75 Å². The van der Waals surface area contributed by atoms with Gasteiger partial charge in [0.05, 0.1) is 18.0 Å². The molecule has 1 aromatic rings. The highest BCUT2D eigenvalue weighted by molar-refractivity contribution is 7.89. The van der Waals surface area contributed by atoms with Crippen LogP contribution in [0.15, 0.2) is 29.2 Å². The molecule has 0 spiro atoms. The summed E-state index contributed by atoms with van der Waals surface area (Å²) >= 11 is 0. The van der Waals surface area contributed by atoms with Crippen molar-refractivity contribution in [3.05, 3.63) is 24.3 Å². The zero-order valence-electron chi connectivity index (χ0n) is 15.0. The van der Waals surface area contributed by atoms with E-state index in [4.69, 9.17) is 4.74 Å². The Hall–Kier alpha value is -1.60. The van der Waals surface area contributed by atoms with Crippen LogP contribution in [-0.2, 0) is 14.8 Å². The molecule has 1 saturated carbocycles. The molecule has 1 atom stereocenters. The van der Waals surface area contributed by atoms with Crippen LogP contribution in [0.2, 0.25) is 0 Å². The van der Waals surface area contributed by atoms with E-state index in [1.807, 2.05) is 0 Å². The second-order valence-corrected chi connectivity index (χ2v) is 8.32. The van der Waals surface area contributed by atoms with Crippen molar-refractivity contribution in [2.45, 2.75) is 56.4 Å². The molecule has 25 heavy (non-hydrogen) atoms. The number of sulfonamides is 1. The van der Waals surface area contributed by atoms with E-state index in [1.54, 1.807) is 19.1 Å². The molecule has 0 radical (unpaired) electrons. The minimum atomic E-state index is -3.74. The van der Waals surface area contributed by atoms with Gasteiger partial charge in [0.15, 0.2) is 0 Å². The van der Waals surface area contributed by atoms with Crippen molar-refractivity contribution in [3.8, 4) is 5.75 Å². The zero-order valence-corrected chi connectivity index (χ0v) is 15.8. The molecule has 1 fully saturated rings. The van der Waals surface area contributed by atoms with E-state index >= 15 is 0 Å². The second kappa shape index (κ2) is 9.20. The molecule has 2 N–H and O–H groups in total. The molecule has 2 rings (SSSR count). The van der Waals surface area contributed by atoms with Crippen molar-refractivity contribution in [2.75, 3.05) is 13.7 Å². The summed E-state index contributed by atoms with van der Waals surface area (Å²) in [5.41, 5.74) is 0. The smallest absolute Gasteiger partial charge is 0.241 e. The van der Waals surface area contributed by atoms with Crippen LogP contribution in [-0.4, -0.2) is 34.0 Å². The average Bonchev–Trinajstić information content (AvgIpc) is 3.11. The van der Waals surface area contributed by atoms with E-state index in [-0.39, 0.29) is 10.8 Å². The molecule has 7 heteroatoms. The van der Waals surface area contributed by atoms with Crippen LogP contribution < -0.4 is 14.8 Å². The fourth-order valence-electron chi connectivity index (χ4n) is 3.16. The highest BCUT2D eigenvalue weighted by Crippen LogP contribution is 2.28. The number of hydrogen-bond donors (Lipinski definition) is 2. The molecule has 0 heterocycles. The summed E-state index contributed by atoms with van der Waals surface area (Å²) in [5.74, 6) is 1.07. The number of carbonyl (C=O) groups excluding carboxylic acids is 1. The molecule has 1 aliphatic carbocycles. The Balaban J connectivity index is 1.78. The maximum atomic E-state index is 12.3. The largest absolute Gasteiger partial charge is 0.497 e. The van der Waals surface area contributed by atoms with Gasteiger partial charge in [-0.05, 0) is 49.9 Å². The number of rotatable bonds is 9. The molecule has 140 valence electrons. The number of methoxy groups -OCH3 is 1. The lowest BCUT2D eigenvalue weighted by atomic mass is 10.0. The number of nitrogens with one attached hydrogen (secondary N) is 2. The van der Waals surface area contributed by atoms with Crippen LogP contribution in [0.3, 0.4) is 0 Å². The maximum Gasteiger partial charge on any atom is 0.241 e. The number of hydrogen-bond acceptors (Lipinski definition) is 4. The Morgan fingerprint density at radius 1 is 1.24 bits per heavy atom. The first kappa shape index (κ1) is 19.7. The highest BCUT2D eigenvalue weighted by Gasteiger charge is 2.22. The fourth-order valence-corrected chi connectivity index (χ4v) is 4.37. The van der Waals surface area contributed by atoms with Crippen molar-refractivity contribution in [1.82, 2.24) is 10.0 Å². The molecular weight excluding hydrogens is 340 g/mol. The van der Waals surface area contributed by atoms with Crippen molar-refractivity contribution in [3.63, 3.8) is 0 Å². The molecule has 0 saturated heterocycles. The zero-order chi connectivity index (χ0) is 18.3. The lowest BCUT2D eigenvalue weighted by Crippen LogP contribution is -2.45. The molecule has 0 unspecified atom stereocenters. The first-order chi connectivity index (χ1) is 11.9. The van der Waals surface area contributed by atoms with E-state index in [9.17, 15) is 13.2 Å². The van der Waals surface area contributed by atoms with Crippen molar-refractivity contribution >= 4 is 15.9 Å². The van der Waals surface area contributed by atoms with Crippen LogP contribution >= 0.6 is 0 Å². The molecule has 0 aliphatic heterocycles. The van der Waals surface area contributed by atoms with Gasteiger partial charge in [0, 0.05) is 6.54 Å². The predicted molar refractivity (Wildman–Crippen MR) is 97.0 cm³/mol. The average molecular weight is 368 g/mol. The Morgan fingerprint density at radius 2 is 1.88 bits per heavy atom. The van der Waals surface area contributed by atoms with Gasteiger partial charge in [-0.25, -0.2) is 8.42 Å². The van der Waals surface area contributed by atoms with E-state index in [1.165, 1.54) is 44.9 Å². The number of amides is 1. The van der Waals surface area contributed by atoms with Gasteiger partial charge in [-0.1, -0.05) is 25.7 Å².